The number of carbonyl (C=O) groups excluding carboxylic acids is 1. The van der Waals surface area contributed by atoms with E-state index in [1.54, 1.807) is 30.5 Å². The number of pyridine rings is 1. The number of carbonyl (C=O) groups is 1. The largest absolute Gasteiger partial charge is 0.344 e. The van der Waals surface area contributed by atoms with Crippen molar-refractivity contribution in [3.05, 3.63) is 65.5 Å². The fourth-order valence-electron chi connectivity index (χ4n) is 1.72. The van der Waals surface area contributed by atoms with Gasteiger partial charge in [0.25, 0.3) is 5.91 Å². The van der Waals surface area contributed by atoms with Crippen LogP contribution in [0.5, 0.6) is 0 Å². The molecule has 1 heterocycles. The quantitative estimate of drug-likeness (QED) is 0.911. The molecular formula is C15H13N3O. The summed E-state index contributed by atoms with van der Waals surface area (Å²) in [6.07, 6.45) is 1.69. The first kappa shape index (κ1) is 12.8. The topological polar surface area (TPSA) is 65.8 Å². The van der Waals surface area contributed by atoms with E-state index in [0.717, 1.165) is 5.69 Å². The molecule has 2 rings (SSSR count). The van der Waals surface area contributed by atoms with E-state index in [1.165, 1.54) is 0 Å². The Morgan fingerprint density at radius 1 is 1.32 bits per heavy atom. The molecule has 1 amide bonds. The average molecular weight is 251 g/mol. The standard InChI is InChI=1S/C15H13N3O/c1-11(14-7-2-3-8-17-14)18-15(19)13-6-4-5-12(9-13)10-16/h2-9,11H,1H3,(H,18,19)/t11-/m1/s1. The summed E-state index contributed by atoms with van der Waals surface area (Å²) in [4.78, 5) is 16.2. The first-order chi connectivity index (χ1) is 9.20. The van der Waals surface area contributed by atoms with E-state index in [2.05, 4.69) is 10.3 Å². The molecule has 0 spiro atoms. The van der Waals surface area contributed by atoms with Crippen LogP contribution in [-0.2, 0) is 0 Å². The third kappa shape index (κ3) is 3.17. The van der Waals surface area contributed by atoms with Gasteiger partial charge in [-0.15, -0.1) is 0 Å². The van der Waals surface area contributed by atoms with E-state index in [4.69, 9.17) is 5.26 Å². The summed E-state index contributed by atoms with van der Waals surface area (Å²) < 4.78 is 0. The number of aromatic nitrogens is 1. The van der Waals surface area contributed by atoms with E-state index in [-0.39, 0.29) is 11.9 Å². The Hall–Kier alpha value is -2.67. The lowest BCUT2D eigenvalue weighted by Gasteiger charge is -2.13. The van der Waals surface area contributed by atoms with Crippen molar-refractivity contribution in [2.24, 2.45) is 0 Å². The molecule has 1 atom stereocenters. The van der Waals surface area contributed by atoms with Gasteiger partial charge in [-0.05, 0) is 37.3 Å². The normalized spacial score (nSPS) is 11.4. The molecule has 0 saturated heterocycles. The van der Waals surface area contributed by atoms with Crippen LogP contribution in [0.2, 0.25) is 0 Å². The number of amides is 1. The van der Waals surface area contributed by atoms with Gasteiger partial charge in [0.05, 0.1) is 23.4 Å². The van der Waals surface area contributed by atoms with E-state index >= 15 is 0 Å². The Labute approximate surface area is 111 Å². The second-order valence-corrected chi connectivity index (χ2v) is 4.14. The summed E-state index contributed by atoms with van der Waals surface area (Å²) >= 11 is 0. The first-order valence-electron chi connectivity index (χ1n) is 5.92. The number of nitriles is 1. The zero-order valence-corrected chi connectivity index (χ0v) is 10.5. The minimum atomic E-state index is -0.213. The average Bonchev–Trinajstić information content (AvgIpc) is 2.48. The van der Waals surface area contributed by atoms with E-state index < -0.39 is 0 Å². The summed E-state index contributed by atoms with van der Waals surface area (Å²) in [5, 5.41) is 11.7. The van der Waals surface area contributed by atoms with Gasteiger partial charge in [-0.2, -0.15) is 5.26 Å². The Morgan fingerprint density at radius 3 is 2.84 bits per heavy atom. The highest BCUT2D eigenvalue weighted by atomic mass is 16.1. The van der Waals surface area contributed by atoms with Crippen molar-refractivity contribution in [3.63, 3.8) is 0 Å². The van der Waals surface area contributed by atoms with Gasteiger partial charge in [0.1, 0.15) is 0 Å². The Balaban J connectivity index is 2.11. The number of nitrogens with zero attached hydrogens (tertiary/aromatic N) is 2. The predicted octanol–water partition coefficient (Wildman–Crippen LogP) is 2.44. The van der Waals surface area contributed by atoms with Crippen LogP contribution in [0.15, 0.2) is 48.7 Å². The molecule has 2 aromatic rings. The predicted molar refractivity (Wildman–Crippen MR) is 71.3 cm³/mol. The van der Waals surface area contributed by atoms with Gasteiger partial charge in [-0.1, -0.05) is 12.1 Å². The molecule has 19 heavy (non-hydrogen) atoms. The highest BCUT2D eigenvalue weighted by molar-refractivity contribution is 5.94. The summed E-state index contributed by atoms with van der Waals surface area (Å²) in [5.74, 6) is -0.213. The van der Waals surface area contributed by atoms with Gasteiger partial charge in [0, 0.05) is 11.8 Å². The van der Waals surface area contributed by atoms with Crippen molar-refractivity contribution in [1.29, 1.82) is 5.26 Å². The summed E-state index contributed by atoms with van der Waals surface area (Å²) in [5.41, 5.74) is 1.74. The van der Waals surface area contributed by atoms with Crippen LogP contribution in [0.25, 0.3) is 0 Å². The lowest BCUT2D eigenvalue weighted by Crippen LogP contribution is -2.27. The second kappa shape index (κ2) is 5.78. The highest BCUT2D eigenvalue weighted by Crippen LogP contribution is 2.10. The number of benzene rings is 1. The Kier molecular flexibility index (Phi) is 3.89. The number of hydrogen-bond acceptors (Lipinski definition) is 3. The zero-order valence-electron chi connectivity index (χ0n) is 10.5. The third-order valence-corrected chi connectivity index (χ3v) is 2.73. The molecule has 0 aliphatic carbocycles. The van der Waals surface area contributed by atoms with Crippen molar-refractivity contribution in [1.82, 2.24) is 10.3 Å². The van der Waals surface area contributed by atoms with Crippen LogP contribution in [0.1, 0.15) is 34.6 Å². The number of nitrogens with one attached hydrogen (secondary N) is 1. The van der Waals surface area contributed by atoms with E-state index in [9.17, 15) is 4.79 Å². The van der Waals surface area contributed by atoms with Gasteiger partial charge in [-0.25, -0.2) is 0 Å². The van der Waals surface area contributed by atoms with Crippen molar-refractivity contribution in [3.8, 4) is 6.07 Å². The Bertz CT molecular complexity index is 617. The SMILES string of the molecule is C[C@@H](NC(=O)c1cccc(C#N)c1)c1ccccn1. The minimum Gasteiger partial charge on any atom is -0.344 e. The molecule has 94 valence electrons. The lowest BCUT2D eigenvalue weighted by atomic mass is 10.1. The molecule has 4 heteroatoms. The van der Waals surface area contributed by atoms with Crippen LogP contribution in [0.3, 0.4) is 0 Å². The van der Waals surface area contributed by atoms with Crippen molar-refractivity contribution < 1.29 is 4.79 Å². The molecule has 4 nitrogen and oxygen atoms in total. The van der Waals surface area contributed by atoms with Crippen LogP contribution in [0, 0.1) is 11.3 Å². The first-order valence-corrected chi connectivity index (χ1v) is 5.92. The third-order valence-electron chi connectivity index (χ3n) is 2.73. The number of rotatable bonds is 3. The smallest absolute Gasteiger partial charge is 0.251 e. The Morgan fingerprint density at radius 2 is 2.16 bits per heavy atom. The van der Waals surface area contributed by atoms with E-state index in [1.807, 2.05) is 31.2 Å². The van der Waals surface area contributed by atoms with Crippen molar-refractivity contribution in [2.45, 2.75) is 13.0 Å². The van der Waals surface area contributed by atoms with Crippen LogP contribution in [-0.4, -0.2) is 10.9 Å². The monoisotopic (exact) mass is 251 g/mol. The maximum Gasteiger partial charge on any atom is 0.251 e. The molecule has 1 N–H and O–H groups in total. The molecule has 0 aliphatic heterocycles. The fourth-order valence-corrected chi connectivity index (χ4v) is 1.72. The van der Waals surface area contributed by atoms with Gasteiger partial charge >= 0.3 is 0 Å². The minimum absolute atomic E-state index is 0.181. The maximum absolute atomic E-state index is 12.0. The van der Waals surface area contributed by atoms with Crippen LogP contribution in [0.4, 0.5) is 0 Å². The molecular weight excluding hydrogens is 238 g/mol. The fraction of sp³-hybridized carbons (Fsp3) is 0.133. The van der Waals surface area contributed by atoms with Crippen molar-refractivity contribution >= 4 is 5.91 Å². The second-order valence-electron chi connectivity index (χ2n) is 4.14. The molecule has 0 unspecified atom stereocenters. The summed E-state index contributed by atoms with van der Waals surface area (Å²) in [7, 11) is 0. The molecule has 0 fully saturated rings. The molecule has 0 bridgehead atoms. The van der Waals surface area contributed by atoms with Gasteiger partial charge in [-0.3, -0.25) is 9.78 Å². The summed E-state index contributed by atoms with van der Waals surface area (Å²) in [6, 6.07) is 14.0. The highest BCUT2D eigenvalue weighted by Gasteiger charge is 2.12. The molecule has 0 saturated carbocycles. The zero-order chi connectivity index (χ0) is 13.7. The van der Waals surface area contributed by atoms with Crippen LogP contribution < -0.4 is 5.32 Å². The number of hydrogen-bond donors (Lipinski definition) is 1. The van der Waals surface area contributed by atoms with E-state index in [0.29, 0.717) is 11.1 Å². The van der Waals surface area contributed by atoms with Gasteiger partial charge in [0.15, 0.2) is 0 Å². The van der Waals surface area contributed by atoms with Gasteiger partial charge in [0.2, 0.25) is 0 Å². The molecule has 1 aromatic carbocycles. The molecule has 0 aliphatic rings. The maximum atomic E-state index is 12.0. The van der Waals surface area contributed by atoms with Crippen molar-refractivity contribution in [2.75, 3.05) is 0 Å². The van der Waals surface area contributed by atoms with Gasteiger partial charge < -0.3 is 5.32 Å². The summed E-state index contributed by atoms with van der Waals surface area (Å²) in [6.45, 7) is 1.87. The molecule has 1 aromatic heterocycles. The van der Waals surface area contributed by atoms with Crippen LogP contribution >= 0.6 is 0 Å². The molecule has 0 radical (unpaired) electrons. The lowest BCUT2D eigenvalue weighted by molar-refractivity contribution is 0.0939.